The molecule has 0 saturated heterocycles. The minimum Gasteiger partial charge on any atom is -0.417 e. The largest absolute Gasteiger partial charge is 0.417 e. The van der Waals surface area contributed by atoms with Gasteiger partial charge in [-0.25, -0.2) is 0 Å². The molecule has 100 valence electrons. The van der Waals surface area contributed by atoms with Crippen LogP contribution in [0.2, 0.25) is 39.3 Å². The summed E-state index contributed by atoms with van der Waals surface area (Å²) in [5.41, 5.74) is 9.40. The lowest BCUT2D eigenvalue weighted by Gasteiger charge is -2.20. The fourth-order valence-corrected chi connectivity index (χ4v) is 8.05. The first-order valence-electron chi connectivity index (χ1n) is 6.05. The van der Waals surface area contributed by atoms with Crippen molar-refractivity contribution in [1.82, 2.24) is 0 Å². The molecule has 0 heterocycles. The molecule has 0 bridgehead atoms. The van der Waals surface area contributed by atoms with Crippen molar-refractivity contribution < 1.29 is 8.85 Å². The normalized spacial score (nSPS) is 15.1. The molecule has 17 heavy (non-hydrogen) atoms. The molecule has 2 nitrogen and oxygen atoms in total. The Bertz CT molecular complexity index is 266. The second-order valence-electron chi connectivity index (χ2n) is 6.10. The van der Waals surface area contributed by atoms with E-state index in [2.05, 4.69) is 62.1 Å². The Labute approximate surface area is 110 Å². The first-order chi connectivity index (χ1) is 7.54. The van der Waals surface area contributed by atoms with Crippen LogP contribution in [-0.4, -0.2) is 38.9 Å². The van der Waals surface area contributed by atoms with E-state index in [4.69, 9.17) is 8.85 Å². The highest BCUT2D eigenvalue weighted by molar-refractivity contribution is 6.90. The Morgan fingerprint density at radius 2 is 0.882 bits per heavy atom. The third-order valence-corrected chi connectivity index (χ3v) is 9.64. The Kier molecular flexibility index (Phi) is 6.30. The van der Waals surface area contributed by atoms with E-state index in [1.807, 2.05) is 14.2 Å². The van der Waals surface area contributed by atoms with Gasteiger partial charge in [-0.1, -0.05) is 35.9 Å². The molecule has 0 atom stereocenters. The third kappa shape index (κ3) is 7.88. The van der Waals surface area contributed by atoms with Gasteiger partial charge in [0.25, 0.3) is 0 Å². The molecule has 0 aromatic heterocycles. The summed E-state index contributed by atoms with van der Waals surface area (Å²) >= 11 is 0. The Hall–Kier alpha value is 0.0506. The smallest absolute Gasteiger partial charge is 0.209 e. The maximum Gasteiger partial charge on any atom is 0.209 e. The van der Waals surface area contributed by atoms with Crippen molar-refractivity contribution in [2.45, 2.75) is 39.3 Å². The Morgan fingerprint density at radius 1 is 0.588 bits per heavy atom. The minimum absolute atomic E-state index is 1.41. The zero-order valence-electron chi connectivity index (χ0n) is 12.6. The van der Waals surface area contributed by atoms with E-state index in [0.717, 1.165) is 0 Å². The van der Waals surface area contributed by atoms with E-state index in [9.17, 15) is 0 Å². The van der Waals surface area contributed by atoms with E-state index in [0.29, 0.717) is 0 Å². The van der Waals surface area contributed by atoms with Crippen LogP contribution in [0.1, 0.15) is 0 Å². The van der Waals surface area contributed by atoms with E-state index < -0.39 is 24.7 Å². The molecule has 0 spiro atoms. The summed E-state index contributed by atoms with van der Waals surface area (Å²) in [5, 5.41) is 0. The van der Waals surface area contributed by atoms with Crippen LogP contribution in [0.15, 0.2) is 22.8 Å². The third-order valence-electron chi connectivity index (χ3n) is 2.88. The highest BCUT2D eigenvalue weighted by Gasteiger charge is 2.22. The van der Waals surface area contributed by atoms with Gasteiger partial charge in [-0.05, 0) is 26.2 Å². The van der Waals surface area contributed by atoms with E-state index >= 15 is 0 Å². The second-order valence-corrected chi connectivity index (χ2v) is 18.3. The highest BCUT2D eigenvalue weighted by atomic mass is 28.4. The molecule has 0 fully saturated rings. The molecule has 0 aromatic carbocycles. The van der Waals surface area contributed by atoms with Crippen LogP contribution in [0.3, 0.4) is 0 Å². The maximum absolute atomic E-state index is 5.53. The van der Waals surface area contributed by atoms with Gasteiger partial charge in [-0.2, -0.15) is 0 Å². The van der Waals surface area contributed by atoms with E-state index in [1.165, 1.54) is 0 Å². The molecular formula is C12H28O2Si3. The zero-order valence-corrected chi connectivity index (χ0v) is 15.6. The first kappa shape index (κ1) is 17.1. The average molecular weight is 289 g/mol. The molecule has 0 aliphatic heterocycles. The number of rotatable bonds is 6. The summed E-state index contributed by atoms with van der Waals surface area (Å²) < 4.78 is 11.1. The summed E-state index contributed by atoms with van der Waals surface area (Å²) in [6.07, 6.45) is 0. The monoisotopic (exact) mass is 288 g/mol. The molecule has 0 radical (unpaired) electrons. The van der Waals surface area contributed by atoms with E-state index in [-0.39, 0.29) is 0 Å². The zero-order chi connectivity index (χ0) is 13.7. The van der Waals surface area contributed by atoms with Crippen molar-refractivity contribution in [2.24, 2.45) is 0 Å². The first-order valence-corrected chi connectivity index (χ1v) is 15.2. The molecule has 0 aromatic rings. The topological polar surface area (TPSA) is 18.5 Å². The fourth-order valence-electron chi connectivity index (χ4n) is 1.02. The molecule has 0 aliphatic carbocycles. The molecule has 0 rings (SSSR count). The number of hydrogen-bond acceptors (Lipinski definition) is 2. The van der Waals surface area contributed by atoms with Gasteiger partial charge in [0.15, 0.2) is 0 Å². The lowest BCUT2D eigenvalue weighted by atomic mass is 11.2. The van der Waals surface area contributed by atoms with Gasteiger partial charge < -0.3 is 8.85 Å². The van der Waals surface area contributed by atoms with Crippen molar-refractivity contribution >= 4 is 24.7 Å². The van der Waals surface area contributed by atoms with Crippen LogP contribution in [0.25, 0.3) is 0 Å². The van der Waals surface area contributed by atoms with Crippen LogP contribution in [0.4, 0.5) is 0 Å². The molecule has 0 N–H and O–H groups in total. The van der Waals surface area contributed by atoms with Crippen LogP contribution in [0.5, 0.6) is 0 Å². The Balaban J connectivity index is 4.71. The standard InChI is InChI=1S/C12H28O2Si3/c1-13-16(5,6)11-9-15(3,4)10-12-17(7,8)14-2/h9-12H,1-8H3/b11-9+,12-10+. The molecule has 0 unspecified atom stereocenters. The Morgan fingerprint density at radius 3 is 1.12 bits per heavy atom. The minimum atomic E-state index is -1.57. The van der Waals surface area contributed by atoms with Gasteiger partial charge in [0, 0.05) is 14.2 Å². The van der Waals surface area contributed by atoms with Crippen molar-refractivity contribution in [3.8, 4) is 0 Å². The summed E-state index contributed by atoms with van der Waals surface area (Å²) in [5.74, 6) is 0. The van der Waals surface area contributed by atoms with Crippen molar-refractivity contribution in [3.05, 3.63) is 22.8 Å². The van der Waals surface area contributed by atoms with Crippen LogP contribution in [-0.2, 0) is 8.85 Å². The summed E-state index contributed by atoms with van der Waals surface area (Å²) in [6, 6.07) is 0. The molecular weight excluding hydrogens is 260 g/mol. The lowest BCUT2D eigenvalue weighted by molar-refractivity contribution is 0.415. The van der Waals surface area contributed by atoms with Crippen LogP contribution >= 0.6 is 0 Å². The summed E-state index contributed by atoms with van der Waals surface area (Å²) in [4.78, 5) is 0. The van der Waals surface area contributed by atoms with Crippen molar-refractivity contribution in [3.63, 3.8) is 0 Å². The van der Waals surface area contributed by atoms with Gasteiger partial charge in [-0.3, -0.25) is 0 Å². The maximum atomic E-state index is 5.53. The molecule has 5 heteroatoms. The predicted octanol–water partition coefficient (Wildman–Crippen LogP) is 3.67. The predicted molar refractivity (Wildman–Crippen MR) is 84.7 cm³/mol. The SMILES string of the molecule is CO[Si](C)(C)/C=C/[Si](C)(C)/C=C/[Si](C)(C)OC. The van der Waals surface area contributed by atoms with Crippen molar-refractivity contribution in [1.29, 1.82) is 0 Å². The molecule has 0 aliphatic rings. The molecule has 0 amide bonds. The fraction of sp³-hybridized carbons (Fsp3) is 0.667. The van der Waals surface area contributed by atoms with Gasteiger partial charge >= 0.3 is 0 Å². The summed E-state index contributed by atoms with van der Waals surface area (Å²) in [6.45, 7) is 13.6. The lowest BCUT2D eigenvalue weighted by Crippen LogP contribution is -2.31. The highest BCUT2D eigenvalue weighted by Crippen LogP contribution is 2.13. The van der Waals surface area contributed by atoms with Crippen LogP contribution in [0, 0.1) is 0 Å². The van der Waals surface area contributed by atoms with Gasteiger partial charge in [0.05, 0.1) is 8.07 Å². The second kappa shape index (κ2) is 6.29. The quantitative estimate of drug-likeness (QED) is 0.694. The van der Waals surface area contributed by atoms with Gasteiger partial charge in [-0.15, -0.1) is 0 Å². The van der Waals surface area contributed by atoms with E-state index in [1.54, 1.807) is 0 Å². The molecule has 0 saturated carbocycles. The number of hydrogen-bond donors (Lipinski definition) is 0. The van der Waals surface area contributed by atoms with Gasteiger partial charge in [0.2, 0.25) is 16.6 Å². The van der Waals surface area contributed by atoms with Crippen LogP contribution < -0.4 is 0 Å². The van der Waals surface area contributed by atoms with Gasteiger partial charge in [0.1, 0.15) is 0 Å². The van der Waals surface area contributed by atoms with Crippen molar-refractivity contribution in [2.75, 3.05) is 14.2 Å². The summed E-state index contributed by atoms with van der Waals surface area (Å²) in [7, 11) is -0.932. The average Bonchev–Trinajstić information content (AvgIpc) is 2.25.